The average molecular weight is 299 g/mol. The Bertz CT molecular complexity index is 625. The molecule has 0 saturated carbocycles. The maximum absolute atomic E-state index is 11.9. The van der Waals surface area contributed by atoms with Crippen molar-refractivity contribution in [2.45, 2.75) is 31.4 Å². The third-order valence-corrected chi connectivity index (χ3v) is 5.09. The van der Waals surface area contributed by atoms with Crippen LogP contribution in [0, 0.1) is 12.3 Å². The molecule has 1 aromatic heterocycles. The van der Waals surface area contributed by atoms with E-state index in [9.17, 15) is 13.2 Å². The quantitative estimate of drug-likeness (QED) is 0.574. The Hall–Kier alpha value is -1.81. The molecule has 7 heteroatoms. The Balaban J connectivity index is 2.92. The molecule has 0 fully saturated rings. The maximum Gasteiger partial charge on any atom is 0.327 e. The van der Waals surface area contributed by atoms with Crippen molar-refractivity contribution in [3.63, 3.8) is 0 Å². The number of sulfone groups is 1. The zero-order chi connectivity index (χ0) is 15.4. The normalized spacial score (nSPS) is 14.3. The Labute approximate surface area is 118 Å². The predicted octanol–water partition coefficient (Wildman–Crippen LogP) is 0.955. The summed E-state index contributed by atoms with van der Waals surface area (Å²) in [5.41, 5.74) is 0.497. The number of aryl methyl sites for hydroxylation is 1. The number of aromatic nitrogens is 1. The van der Waals surface area contributed by atoms with E-state index in [1.54, 1.807) is 6.92 Å². The van der Waals surface area contributed by atoms with Crippen molar-refractivity contribution in [2.24, 2.45) is 0 Å². The largest absolute Gasteiger partial charge is 0.465 e. The summed E-state index contributed by atoms with van der Waals surface area (Å²) < 4.78 is 31.8. The third-order valence-electron chi connectivity index (χ3n) is 3.09. The molecule has 0 bridgehead atoms. The molecule has 0 saturated heterocycles. The maximum atomic E-state index is 11.9. The van der Waals surface area contributed by atoms with Crippen LogP contribution in [-0.2, 0) is 25.8 Å². The van der Waals surface area contributed by atoms with Crippen molar-refractivity contribution in [3.05, 3.63) is 17.5 Å². The van der Waals surface area contributed by atoms with Gasteiger partial charge in [0.1, 0.15) is 0 Å². The van der Waals surface area contributed by atoms with Gasteiger partial charge in [0.15, 0.2) is 14.6 Å². The summed E-state index contributed by atoms with van der Waals surface area (Å²) in [6, 6.07) is 1.54. The number of terminal acetylenes is 1. The van der Waals surface area contributed by atoms with Gasteiger partial charge in [-0.25, -0.2) is 8.42 Å². The van der Waals surface area contributed by atoms with Crippen LogP contribution >= 0.6 is 0 Å². The number of hydrogen-bond donors (Lipinski definition) is 0. The van der Waals surface area contributed by atoms with Gasteiger partial charge >= 0.3 is 5.97 Å². The molecule has 1 rings (SSSR count). The summed E-state index contributed by atoms with van der Waals surface area (Å²) in [6.07, 6.45) is 6.45. The van der Waals surface area contributed by atoms with Crippen molar-refractivity contribution in [2.75, 3.05) is 12.9 Å². The number of carbonyl (C=O) groups is 1. The standard InChI is InChI=1S/C13H17NO5S/c1-5-11-9-10(14-19-11)7-8-13(3,20(4,16)17)12(15)18-6-2/h1,9H,6-8H2,2-4H3/t13-/m1/s1. The smallest absolute Gasteiger partial charge is 0.327 e. The van der Waals surface area contributed by atoms with Crippen LogP contribution in [0.15, 0.2) is 10.6 Å². The second-order valence-corrected chi connectivity index (χ2v) is 7.00. The van der Waals surface area contributed by atoms with E-state index >= 15 is 0 Å². The Morgan fingerprint density at radius 3 is 2.70 bits per heavy atom. The van der Waals surface area contributed by atoms with E-state index in [-0.39, 0.29) is 25.2 Å². The lowest BCUT2D eigenvalue weighted by atomic mass is 10.0. The summed E-state index contributed by atoms with van der Waals surface area (Å²) in [4.78, 5) is 11.9. The fourth-order valence-electron chi connectivity index (χ4n) is 1.59. The molecule has 1 atom stereocenters. The monoisotopic (exact) mass is 299 g/mol. The third kappa shape index (κ3) is 3.39. The van der Waals surface area contributed by atoms with E-state index in [1.165, 1.54) is 13.0 Å². The highest BCUT2D eigenvalue weighted by Gasteiger charge is 2.44. The molecule has 0 N–H and O–H groups in total. The van der Waals surface area contributed by atoms with Gasteiger partial charge in [-0.15, -0.1) is 6.42 Å². The van der Waals surface area contributed by atoms with Crippen molar-refractivity contribution in [1.82, 2.24) is 5.16 Å². The first-order valence-electron chi connectivity index (χ1n) is 6.03. The van der Waals surface area contributed by atoms with Crippen LogP contribution in [0.4, 0.5) is 0 Å². The first-order chi connectivity index (χ1) is 9.24. The first kappa shape index (κ1) is 16.2. The fraction of sp³-hybridized carbons (Fsp3) is 0.538. The second-order valence-electron chi connectivity index (χ2n) is 4.55. The summed E-state index contributed by atoms with van der Waals surface area (Å²) in [7, 11) is -3.63. The SMILES string of the molecule is C#Cc1cc(CC[C@](C)(C(=O)OCC)S(C)(=O)=O)no1. The zero-order valence-electron chi connectivity index (χ0n) is 11.7. The summed E-state index contributed by atoms with van der Waals surface area (Å²) in [6.45, 7) is 3.09. The number of hydrogen-bond acceptors (Lipinski definition) is 6. The van der Waals surface area contributed by atoms with Crippen LogP contribution in [0.2, 0.25) is 0 Å². The summed E-state index contributed by atoms with van der Waals surface area (Å²) in [5.74, 6) is 1.78. The number of ether oxygens (including phenoxy) is 1. The minimum Gasteiger partial charge on any atom is -0.465 e. The topological polar surface area (TPSA) is 86.5 Å². The van der Waals surface area contributed by atoms with Gasteiger partial charge in [0.05, 0.1) is 12.3 Å². The molecule has 0 aliphatic heterocycles. The van der Waals surface area contributed by atoms with Gasteiger partial charge in [0, 0.05) is 12.3 Å². The molecule has 6 nitrogen and oxygen atoms in total. The highest BCUT2D eigenvalue weighted by atomic mass is 32.2. The Morgan fingerprint density at radius 2 is 2.25 bits per heavy atom. The molecule has 0 radical (unpaired) electrons. The van der Waals surface area contributed by atoms with E-state index in [4.69, 9.17) is 15.7 Å². The summed E-state index contributed by atoms with van der Waals surface area (Å²) in [5, 5.41) is 3.71. The fourth-order valence-corrected chi connectivity index (χ4v) is 2.42. The van der Waals surface area contributed by atoms with Crippen LogP contribution in [0.5, 0.6) is 0 Å². The van der Waals surface area contributed by atoms with Crippen molar-refractivity contribution >= 4 is 15.8 Å². The second kappa shape index (κ2) is 6.09. The Kier molecular flexibility index (Phi) is 4.95. The molecule has 1 heterocycles. The zero-order valence-corrected chi connectivity index (χ0v) is 12.5. The van der Waals surface area contributed by atoms with Crippen LogP contribution < -0.4 is 0 Å². The van der Waals surface area contributed by atoms with Gasteiger partial charge in [0.25, 0.3) is 0 Å². The van der Waals surface area contributed by atoms with E-state index in [0.29, 0.717) is 5.69 Å². The van der Waals surface area contributed by atoms with Crippen LogP contribution in [0.25, 0.3) is 0 Å². The van der Waals surface area contributed by atoms with Crippen molar-refractivity contribution in [1.29, 1.82) is 0 Å². The van der Waals surface area contributed by atoms with Gasteiger partial charge in [-0.2, -0.15) is 0 Å². The van der Waals surface area contributed by atoms with Gasteiger partial charge in [0.2, 0.25) is 5.76 Å². The van der Waals surface area contributed by atoms with Crippen LogP contribution in [-0.4, -0.2) is 37.2 Å². The van der Waals surface area contributed by atoms with Gasteiger partial charge in [-0.1, -0.05) is 5.16 Å². The molecule has 1 aromatic rings. The lowest BCUT2D eigenvalue weighted by Crippen LogP contribution is -2.44. The predicted molar refractivity (Wildman–Crippen MR) is 72.6 cm³/mol. The van der Waals surface area contributed by atoms with Gasteiger partial charge in [-0.3, -0.25) is 4.79 Å². The van der Waals surface area contributed by atoms with Gasteiger partial charge in [-0.05, 0) is 32.6 Å². The van der Waals surface area contributed by atoms with Gasteiger partial charge < -0.3 is 9.26 Å². The van der Waals surface area contributed by atoms with Crippen molar-refractivity contribution in [3.8, 4) is 12.3 Å². The molecule has 0 aromatic carbocycles. The molecular formula is C13H17NO5S. The van der Waals surface area contributed by atoms with Crippen LogP contribution in [0.1, 0.15) is 31.7 Å². The molecule has 0 spiro atoms. The lowest BCUT2D eigenvalue weighted by molar-refractivity contribution is -0.146. The minimum absolute atomic E-state index is 0.0429. The molecular weight excluding hydrogens is 282 g/mol. The van der Waals surface area contributed by atoms with E-state index in [0.717, 1.165) is 6.26 Å². The van der Waals surface area contributed by atoms with E-state index in [1.807, 2.05) is 0 Å². The number of carbonyl (C=O) groups excluding carboxylic acids is 1. The van der Waals surface area contributed by atoms with Crippen molar-refractivity contribution < 1.29 is 22.5 Å². The summed E-state index contributed by atoms with van der Waals surface area (Å²) >= 11 is 0. The lowest BCUT2D eigenvalue weighted by Gasteiger charge is -2.24. The molecule has 110 valence electrons. The average Bonchev–Trinajstić information content (AvgIpc) is 2.82. The highest BCUT2D eigenvalue weighted by Crippen LogP contribution is 2.25. The molecule has 20 heavy (non-hydrogen) atoms. The van der Waals surface area contributed by atoms with E-state index < -0.39 is 20.6 Å². The highest BCUT2D eigenvalue weighted by molar-refractivity contribution is 7.92. The number of esters is 1. The van der Waals surface area contributed by atoms with Crippen LogP contribution in [0.3, 0.4) is 0 Å². The van der Waals surface area contributed by atoms with E-state index in [2.05, 4.69) is 11.1 Å². The molecule has 0 unspecified atom stereocenters. The number of rotatable bonds is 6. The molecule has 0 aliphatic rings. The first-order valence-corrected chi connectivity index (χ1v) is 7.92. The minimum atomic E-state index is -3.63. The number of nitrogens with zero attached hydrogens (tertiary/aromatic N) is 1. The Morgan fingerprint density at radius 1 is 1.60 bits per heavy atom. The molecule has 0 amide bonds. The molecule has 0 aliphatic carbocycles.